The third kappa shape index (κ3) is 4.33. The summed E-state index contributed by atoms with van der Waals surface area (Å²) in [6.45, 7) is 4.80. The van der Waals surface area contributed by atoms with Crippen LogP contribution in [0.5, 0.6) is 0 Å². The lowest BCUT2D eigenvalue weighted by Crippen LogP contribution is -2.29. The molecule has 1 atom stereocenters. The normalized spacial score (nSPS) is 11.8. The summed E-state index contributed by atoms with van der Waals surface area (Å²) >= 11 is 0. The Morgan fingerprint density at radius 2 is 1.63 bits per heavy atom. The van der Waals surface area contributed by atoms with Crippen molar-refractivity contribution < 1.29 is 4.79 Å². The molecule has 1 heterocycles. The van der Waals surface area contributed by atoms with Gasteiger partial charge in [0.15, 0.2) is 0 Å². The highest BCUT2D eigenvalue weighted by Crippen LogP contribution is 2.25. The molecule has 0 saturated heterocycles. The third-order valence-corrected chi connectivity index (χ3v) is 5.40. The van der Waals surface area contributed by atoms with Gasteiger partial charge < -0.3 is 9.88 Å². The van der Waals surface area contributed by atoms with E-state index in [-0.39, 0.29) is 11.9 Å². The average Bonchev–Trinajstić information content (AvgIpc) is 3.18. The van der Waals surface area contributed by atoms with Gasteiger partial charge >= 0.3 is 0 Å². The molecule has 3 aromatic carbocycles. The number of amides is 1. The molecule has 0 aliphatic carbocycles. The number of aryl methyl sites for hydroxylation is 2. The molecule has 4 aromatic rings. The number of rotatable bonds is 6. The number of carbonyl (C=O) groups is 1. The molecule has 1 amide bonds. The van der Waals surface area contributed by atoms with Crippen LogP contribution in [-0.4, -0.2) is 15.5 Å². The standard InChI is InChI=1S/C26H25N3O/c1-19-8-6-7-11-24(19)25(22-9-4-3-5-10-22)28-26(30)23-14-12-21(13-15-23)18-29-17-16-27-20(29)2/h3-17,25H,18H2,1-2H3,(H,28,30)/t25-/m0/s1. The molecule has 150 valence electrons. The minimum absolute atomic E-state index is 0.0857. The van der Waals surface area contributed by atoms with E-state index in [1.165, 1.54) is 0 Å². The summed E-state index contributed by atoms with van der Waals surface area (Å²) in [4.78, 5) is 17.3. The molecule has 30 heavy (non-hydrogen) atoms. The predicted molar refractivity (Wildman–Crippen MR) is 119 cm³/mol. The van der Waals surface area contributed by atoms with Gasteiger partial charge in [0.05, 0.1) is 6.04 Å². The van der Waals surface area contributed by atoms with Crippen molar-refractivity contribution in [2.24, 2.45) is 0 Å². The molecule has 0 aliphatic heterocycles. The van der Waals surface area contributed by atoms with Crippen molar-refractivity contribution in [1.29, 1.82) is 0 Å². The van der Waals surface area contributed by atoms with E-state index in [4.69, 9.17) is 0 Å². The Balaban J connectivity index is 1.55. The van der Waals surface area contributed by atoms with Crippen LogP contribution in [0.15, 0.2) is 91.3 Å². The Kier molecular flexibility index (Phi) is 5.75. The number of imidazole rings is 1. The van der Waals surface area contributed by atoms with Crippen molar-refractivity contribution in [3.8, 4) is 0 Å². The highest BCUT2D eigenvalue weighted by Gasteiger charge is 2.19. The second-order valence-corrected chi connectivity index (χ2v) is 7.47. The molecule has 1 aromatic heterocycles. The lowest BCUT2D eigenvalue weighted by molar-refractivity contribution is 0.0943. The summed E-state index contributed by atoms with van der Waals surface area (Å²) in [5, 5.41) is 3.23. The van der Waals surface area contributed by atoms with E-state index in [0.29, 0.717) is 5.56 Å². The minimum atomic E-state index is -0.201. The second kappa shape index (κ2) is 8.78. The molecule has 4 nitrogen and oxygen atoms in total. The quantitative estimate of drug-likeness (QED) is 0.496. The molecular weight excluding hydrogens is 370 g/mol. The van der Waals surface area contributed by atoms with Crippen molar-refractivity contribution in [2.45, 2.75) is 26.4 Å². The lowest BCUT2D eigenvalue weighted by atomic mass is 9.94. The van der Waals surface area contributed by atoms with Crippen LogP contribution >= 0.6 is 0 Å². The molecule has 4 heteroatoms. The molecule has 0 radical (unpaired) electrons. The van der Waals surface area contributed by atoms with Crippen molar-refractivity contribution in [1.82, 2.24) is 14.9 Å². The van der Waals surface area contributed by atoms with Crippen LogP contribution in [0, 0.1) is 13.8 Å². The van der Waals surface area contributed by atoms with Crippen LogP contribution in [0.1, 0.15) is 44.5 Å². The van der Waals surface area contributed by atoms with E-state index in [9.17, 15) is 4.79 Å². The van der Waals surface area contributed by atoms with Gasteiger partial charge in [-0.15, -0.1) is 0 Å². The number of hydrogen-bond acceptors (Lipinski definition) is 2. The SMILES string of the molecule is Cc1ccccc1[C@@H](NC(=O)c1ccc(Cn2ccnc2C)cc1)c1ccccc1. The highest BCUT2D eigenvalue weighted by atomic mass is 16.1. The Hall–Kier alpha value is -3.66. The Morgan fingerprint density at radius 3 is 2.30 bits per heavy atom. The van der Waals surface area contributed by atoms with E-state index < -0.39 is 0 Å². The zero-order valence-electron chi connectivity index (χ0n) is 17.2. The van der Waals surface area contributed by atoms with E-state index in [2.05, 4.69) is 33.9 Å². The van der Waals surface area contributed by atoms with E-state index in [1.54, 1.807) is 6.20 Å². The van der Waals surface area contributed by atoms with Gasteiger partial charge in [-0.1, -0.05) is 66.7 Å². The van der Waals surface area contributed by atoms with E-state index in [0.717, 1.165) is 34.6 Å². The maximum atomic E-state index is 13.1. The highest BCUT2D eigenvalue weighted by molar-refractivity contribution is 5.94. The number of carbonyl (C=O) groups excluding carboxylic acids is 1. The zero-order valence-corrected chi connectivity index (χ0v) is 17.2. The second-order valence-electron chi connectivity index (χ2n) is 7.47. The first kappa shape index (κ1) is 19.6. The summed E-state index contributed by atoms with van der Waals surface area (Å²) in [6, 6.07) is 25.8. The van der Waals surface area contributed by atoms with Crippen LogP contribution in [0.25, 0.3) is 0 Å². The molecule has 0 saturated carbocycles. The summed E-state index contributed by atoms with van der Waals surface area (Å²) in [7, 11) is 0. The average molecular weight is 396 g/mol. The number of aromatic nitrogens is 2. The largest absolute Gasteiger partial charge is 0.341 e. The van der Waals surface area contributed by atoms with Gasteiger partial charge in [0, 0.05) is 24.5 Å². The van der Waals surface area contributed by atoms with E-state index in [1.807, 2.05) is 79.9 Å². The summed E-state index contributed by atoms with van der Waals surface area (Å²) in [6.07, 6.45) is 3.76. The summed E-state index contributed by atoms with van der Waals surface area (Å²) < 4.78 is 2.08. The van der Waals surface area contributed by atoms with Crippen LogP contribution in [0.3, 0.4) is 0 Å². The van der Waals surface area contributed by atoms with Crippen LogP contribution in [0.4, 0.5) is 0 Å². The molecule has 0 aliphatic rings. The Labute approximate surface area is 177 Å². The topological polar surface area (TPSA) is 46.9 Å². The van der Waals surface area contributed by atoms with E-state index >= 15 is 0 Å². The number of hydrogen-bond donors (Lipinski definition) is 1. The predicted octanol–water partition coefficient (Wildman–Crippen LogP) is 5.07. The van der Waals surface area contributed by atoms with Crippen molar-refractivity contribution in [3.63, 3.8) is 0 Å². The van der Waals surface area contributed by atoms with Crippen LogP contribution in [-0.2, 0) is 6.54 Å². The van der Waals surface area contributed by atoms with Gasteiger partial charge in [0.1, 0.15) is 5.82 Å². The first-order valence-electron chi connectivity index (χ1n) is 10.1. The number of nitrogens with one attached hydrogen (secondary N) is 1. The first-order valence-corrected chi connectivity index (χ1v) is 10.1. The Morgan fingerprint density at radius 1 is 0.933 bits per heavy atom. The first-order chi connectivity index (χ1) is 14.6. The molecule has 0 unspecified atom stereocenters. The fourth-order valence-electron chi connectivity index (χ4n) is 3.64. The van der Waals surface area contributed by atoms with Crippen LogP contribution < -0.4 is 5.32 Å². The lowest BCUT2D eigenvalue weighted by Gasteiger charge is -2.22. The minimum Gasteiger partial charge on any atom is -0.341 e. The van der Waals surface area contributed by atoms with Gasteiger partial charge in [-0.2, -0.15) is 0 Å². The molecule has 0 spiro atoms. The smallest absolute Gasteiger partial charge is 0.252 e. The summed E-state index contributed by atoms with van der Waals surface area (Å²) in [5.41, 5.74) is 5.09. The fourth-order valence-corrected chi connectivity index (χ4v) is 3.64. The molecule has 1 N–H and O–H groups in total. The monoisotopic (exact) mass is 395 g/mol. The maximum Gasteiger partial charge on any atom is 0.252 e. The molecular formula is C26H25N3O. The van der Waals surface area contributed by atoms with Gasteiger partial charge in [0.25, 0.3) is 5.91 Å². The molecule has 4 rings (SSSR count). The number of nitrogens with zero attached hydrogens (tertiary/aromatic N) is 2. The van der Waals surface area contributed by atoms with Crippen molar-refractivity contribution in [2.75, 3.05) is 0 Å². The van der Waals surface area contributed by atoms with Gasteiger partial charge in [-0.05, 0) is 48.2 Å². The zero-order chi connectivity index (χ0) is 20.9. The fraction of sp³-hybridized carbons (Fsp3) is 0.154. The Bertz CT molecular complexity index is 1130. The van der Waals surface area contributed by atoms with Crippen molar-refractivity contribution >= 4 is 5.91 Å². The van der Waals surface area contributed by atoms with Gasteiger partial charge in [0.2, 0.25) is 0 Å². The van der Waals surface area contributed by atoms with Gasteiger partial charge in [-0.25, -0.2) is 4.98 Å². The van der Waals surface area contributed by atoms with Crippen LogP contribution in [0.2, 0.25) is 0 Å². The molecule has 0 fully saturated rings. The molecule has 0 bridgehead atoms. The number of benzene rings is 3. The van der Waals surface area contributed by atoms with Gasteiger partial charge in [-0.3, -0.25) is 4.79 Å². The summed E-state index contributed by atoms with van der Waals surface area (Å²) in [5.74, 6) is 0.887. The maximum absolute atomic E-state index is 13.1. The third-order valence-electron chi connectivity index (χ3n) is 5.40. The van der Waals surface area contributed by atoms with Crippen molar-refractivity contribution in [3.05, 3.63) is 125 Å².